The Morgan fingerprint density at radius 2 is 1.80 bits per heavy atom. The highest BCUT2D eigenvalue weighted by Gasteiger charge is 2.64. The summed E-state index contributed by atoms with van der Waals surface area (Å²) in [5.74, 6) is 6.49. The second kappa shape index (κ2) is 7.45. The van der Waals surface area contributed by atoms with E-state index in [0.717, 1.165) is 42.9 Å². The van der Waals surface area contributed by atoms with Crippen LogP contribution in [0.5, 0.6) is 0 Å². The van der Waals surface area contributed by atoms with E-state index in [2.05, 4.69) is 25.0 Å². The smallest absolute Gasteiger partial charge is 0.339 e. The summed E-state index contributed by atoms with van der Waals surface area (Å²) in [6.07, 6.45) is 20.2. The van der Waals surface area contributed by atoms with Crippen LogP contribution in [0, 0.1) is 47.3 Å². The second-order valence-corrected chi connectivity index (χ2v) is 10.7. The Hall–Kier alpha value is -1.72. The van der Waals surface area contributed by atoms with E-state index in [1.165, 1.54) is 32.1 Å². The number of carbonyl (C=O) groups excluding carboxylic acids is 1. The molecule has 158 valence electrons. The summed E-state index contributed by atoms with van der Waals surface area (Å²) in [7, 11) is 0. The van der Waals surface area contributed by atoms with Crippen LogP contribution >= 0.6 is 11.6 Å². The second-order valence-electron chi connectivity index (χ2n) is 10.2. The Bertz CT molecular complexity index is 896. The van der Waals surface area contributed by atoms with E-state index in [-0.39, 0.29) is 11.4 Å². The Balaban J connectivity index is 1.40. The first-order valence-electron chi connectivity index (χ1n) is 11.6. The van der Waals surface area contributed by atoms with Gasteiger partial charge in [-0.15, -0.1) is 6.42 Å². The maximum atomic E-state index is 13.0. The molecular formula is C27H31ClO2. The third-order valence-corrected chi connectivity index (χ3v) is 9.48. The van der Waals surface area contributed by atoms with E-state index in [1.807, 2.05) is 0 Å². The van der Waals surface area contributed by atoms with E-state index in [0.29, 0.717) is 16.5 Å². The molecule has 4 aliphatic rings. The molecule has 0 radical (unpaired) electrons. The van der Waals surface area contributed by atoms with Crippen molar-refractivity contribution < 1.29 is 9.53 Å². The molecule has 0 aliphatic heterocycles. The zero-order valence-electron chi connectivity index (χ0n) is 17.8. The highest BCUT2D eigenvalue weighted by molar-refractivity contribution is 6.30. The van der Waals surface area contributed by atoms with Crippen LogP contribution in [-0.2, 0) is 4.74 Å². The van der Waals surface area contributed by atoms with Gasteiger partial charge in [0.05, 0.1) is 5.56 Å². The van der Waals surface area contributed by atoms with E-state index >= 15 is 0 Å². The lowest BCUT2D eigenvalue weighted by atomic mass is 9.49. The minimum atomic E-state index is -0.803. The lowest BCUT2D eigenvalue weighted by molar-refractivity contribution is -0.106. The van der Waals surface area contributed by atoms with Crippen molar-refractivity contribution in [2.24, 2.45) is 35.0 Å². The number of halogens is 1. The van der Waals surface area contributed by atoms with Gasteiger partial charge in [-0.25, -0.2) is 4.79 Å². The van der Waals surface area contributed by atoms with Crippen molar-refractivity contribution in [3.8, 4) is 12.3 Å². The molecule has 0 heterocycles. The quantitative estimate of drug-likeness (QED) is 0.301. The molecular weight excluding hydrogens is 392 g/mol. The largest absolute Gasteiger partial charge is 0.442 e. The summed E-state index contributed by atoms with van der Waals surface area (Å²) in [6.45, 7) is 2.31. The number of benzene rings is 1. The molecule has 0 bridgehead atoms. The first kappa shape index (κ1) is 20.2. The first-order valence-corrected chi connectivity index (χ1v) is 12.0. The standard InChI is InChI=1S/C27H31ClO2/c1-3-27(30-25(29)19-8-11-20(28)12-9-19)17-15-24-23-13-10-18-6-4-5-7-21(18)22(23)14-16-26(24,27)2/h1,4-5,8-9,11-12,18,21-24H,6-7,10,13-17H2,2H3/t18?,21-,22+,23+,24-,26-,27-/m0/s1. The number of hydrogen-bond donors (Lipinski definition) is 0. The lowest BCUT2D eigenvalue weighted by Crippen LogP contribution is -2.54. The van der Waals surface area contributed by atoms with E-state index < -0.39 is 5.60 Å². The van der Waals surface area contributed by atoms with Crippen molar-refractivity contribution >= 4 is 17.6 Å². The number of carbonyl (C=O) groups is 1. The van der Waals surface area contributed by atoms with Gasteiger partial charge in [-0.3, -0.25) is 0 Å². The normalized spacial score (nSPS) is 41.8. The van der Waals surface area contributed by atoms with Crippen LogP contribution in [0.1, 0.15) is 68.6 Å². The maximum Gasteiger partial charge on any atom is 0.339 e. The van der Waals surface area contributed by atoms with Crippen molar-refractivity contribution in [2.75, 3.05) is 0 Å². The molecule has 7 atom stereocenters. The molecule has 1 unspecified atom stereocenters. The van der Waals surface area contributed by atoms with Gasteiger partial charge in [-0.2, -0.15) is 0 Å². The molecule has 3 saturated carbocycles. The SMILES string of the molecule is C#C[C@]1(OC(=O)c2ccc(Cl)cc2)CC[C@H]2[C@@H]3CCC4CC=CC[C@@H]4[C@H]3CC[C@@]21C. The van der Waals surface area contributed by atoms with Gasteiger partial charge in [0.25, 0.3) is 0 Å². The fourth-order valence-corrected chi connectivity index (χ4v) is 7.78. The van der Waals surface area contributed by atoms with Crippen LogP contribution in [0.25, 0.3) is 0 Å². The topological polar surface area (TPSA) is 26.3 Å². The van der Waals surface area contributed by atoms with E-state index in [1.54, 1.807) is 24.3 Å². The molecule has 3 heteroatoms. The molecule has 0 N–H and O–H groups in total. The number of ether oxygens (including phenoxy) is 1. The average molecular weight is 423 g/mol. The molecule has 3 fully saturated rings. The molecule has 0 amide bonds. The summed E-state index contributed by atoms with van der Waals surface area (Å²) in [4.78, 5) is 13.0. The molecule has 5 rings (SSSR count). The number of hydrogen-bond acceptors (Lipinski definition) is 2. The predicted octanol–water partition coefficient (Wildman–Crippen LogP) is 6.69. The van der Waals surface area contributed by atoms with Crippen molar-refractivity contribution in [1.29, 1.82) is 0 Å². The Morgan fingerprint density at radius 1 is 1.03 bits per heavy atom. The van der Waals surface area contributed by atoms with Gasteiger partial charge >= 0.3 is 5.97 Å². The number of terminal acetylenes is 1. The summed E-state index contributed by atoms with van der Waals surface area (Å²) < 4.78 is 6.20. The van der Waals surface area contributed by atoms with Crippen LogP contribution in [0.4, 0.5) is 0 Å². The van der Waals surface area contributed by atoms with Crippen LogP contribution in [-0.4, -0.2) is 11.6 Å². The zero-order valence-corrected chi connectivity index (χ0v) is 18.5. The highest BCUT2D eigenvalue weighted by atomic mass is 35.5. The van der Waals surface area contributed by atoms with Gasteiger partial charge in [0.15, 0.2) is 5.60 Å². The number of rotatable bonds is 2. The summed E-state index contributed by atoms with van der Waals surface area (Å²) in [5.41, 5.74) is -0.422. The Labute approximate surface area is 185 Å². The fourth-order valence-electron chi connectivity index (χ4n) is 7.65. The van der Waals surface area contributed by atoms with Crippen molar-refractivity contribution in [1.82, 2.24) is 0 Å². The Morgan fingerprint density at radius 3 is 2.57 bits per heavy atom. The molecule has 1 aromatic rings. The number of allylic oxidation sites excluding steroid dienone is 2. The number of fused-ring (bicyclic) bond motifs is 5. The minimum absolute atomic E-state index is 0.137. The maximum absolute atomic E-state index is 13.0. The van der Waals surface area contributed by atoms with E-state index in [9.17, 15) is 4.79 Å². The lowest BCUT2D eigenvalue weighted by Gasteiger charge is -2.56. The molecule has 2 nitrogen and oxygen atoms in total. The molecule has 4 aliphatic carbocycles. The van der Waals surface area contributed by atoms with Gasteiger partial charge in [0.2, 0.25) is 0 Å². The summed E-state index contributed by atoms with van der Waals surface area (Å²) in [5, 5.41) is 0.609. The molecule has 0 saturated heterocycles. The summed E-state index contributed by atoms with van der Waals surface area (Å²) in [6, 6.07) is 6.89. The van der Waals surface area contributed by atoms with Crippen LogP contribution < -0.4 is 0 Å². The Kier molecular flexibility index (Phi) is 5.02. The van der Waals surface area contributed by atoms with Gasteiger partial charge in [0, 0.05) is 10.4 Å². The van der Waals surface area contributed by atoms with Crippen molar-refractivity contribution in [2.45, 2.75) is 63.9 Å². The molecule has 1 aromatic carbocycles. The monoisotopic (exact) mass is 422 g/mol. The first-order chi connectivity index (χ1) is 14.5. The molecule has 0 aromatic heterocycles. The van der Waals surface area contributed by atoms with Crippen molar-refractivity contribution in [3.63, 3.8) is 0 Å². The highest BCUT2D eigenvalue weighted by Crippen LogP contribution is 2.65. The zero-order chi connectivity index (χ0) is 20.9. The fraction of sp³-hybridized carbons (Fsp3) is 0.593. The van der Waals surface area contributed by atoms with Gasteiger partial charge in [-0.05, 0) is 105 Å². The predicted molar refractivity (Wildman–Crippen MR) is 120 cm³/mol. The van der Waals surface area contributed by atoms with Crippen molar-refractivity contribution in [3.05, 3.63) is 47.0 Å². The van der Waals surface area contributed by atoms with Crippen LogP contribution in [0.3, 0.4) is 0 Å². The minimum Gasteiger partial charge on any atom is -0.442 e. The molecule has 0 spiro atoms. The van der Waals surface area contributed by atoms with Gasteiger partial charge in [-0.1, -0.05) is 36.6 Å². The third-order valence-electron chi connectivity index (χ3n) is 9.23. The van der Waals surface area contributed by atoms with E-state index in [4.69, 9.17) is 22.8 Å². The number of esters is 1. The van der Waals surface area contributed by atoms with Gasteiger partial charge in [0.1, 0.15) is 0 Å². The van der Waals surface area contributed by atoms with Crippen LogP contribution in [0.15, 0.2) is 36.4 Å². The average Bonchev–Trinajstić information content (AvgIpc) is 3.06. The third kappa shape index (κ3) is 2.96. The summed E-state index contributed by atoms with van der Waals surface area (Å²) >= 11 is 5.98. The molecule has 30 heavy (non-hydrogen) atoms. The van der Waals surface area contributed by atoms with Gasteiger partial charge < -0.3 is 4.74 Å². The van der Waals surface area contributed by atoms with Crippen LogP contribution in [0.2, 0.25) is 5.02 Å².